The van der Waals surface area contributed by atoms with E-state index in [0.29, 0.717) is 23.5 Å². The van der Waals surface area contributed by atoms with Gasteiger partial charge < -0.3 is 14.6 Å². The minimum Gasteiger partial charge on any atom is -0.481 e. The Balaban J connectivity index is 1.81. The van der Waals surface area contributed by atoms with Crippen molar-refractivity contribution in [2.75, 3.05) is 6.79 Å². The molecule has 1 heterocycles. The van der Waals surface area contributed by atoms with E-state index in [0.717, 1.165) is 0 Å². The van der Waals surface area contributed by atoms with E-state index in [9.17, 15) is 9.59 Å². The molecule has 5 heteroatoms. The fourth-order valence-electron chi connectivity index (χ4n) is 2.02. The van der Waals surface area contributed by atoms with Crippen molar-refractivity contribution in [3.05, 3.63) is 23.8 Å². The number of fused-ring (bicyclic) bond motifs is 1. The van der Waals surface area contributed by atoms with Gasteiger partial charge in [0.25, 0.3) is 0 Å². The van der Waals surface area contributed by atoms with Gasteiger partial charge in [0.1, 0.15) is 0 Å². The predicted molar refractivity (Wildman–Crippen MR) is 56.1 cm³/mol. The highest BCUT2D eigenvalue weighted by Gasteiger charge is 2.48. The van der Waals surface area contributed by atoms with Gasteiger partial charge in [0.15, 0.2) is 17.3 Å². The van der Waals surface area contributed by atoms with E-state index in [1.807, 2.05) is 0 Å². The third-order valence-corrected chi connectivity index (χ3v) is 3.10. The number of Topliss-reactive ketones (excluding diaryl/α,β-unsaturated/α-hetero) is 1. The predicted octanol–water partition coefficient (Wildman–Crippen LogP) is 1.32. The minimum atomic E-state index is -0.899. The fraction of sp³-hybridized carbons (Fsp3) is 0.333. The molecule has 1 aliphatic carbocycles. The molecule has 5 nitrogen and oxygen atoms in total. The maximum Gasteiger partial charge on any atom is 0.307 e. The molecule has 2 aliphatic rings. The highest BCUT2D eigenvalue weighted by atomic mass is 16.7. The van der Waals surface area contributed by atoms with Crippen molar-refractivity contribution in [2.45, 2.75) is 6.42 Å². The van der Waals surface area contributed by atoms with Gasteiger partial charge in [0, 0.05) is 11.5 Å². The second kappa shape index (κ2) is 3.48. The van der Waals surface area contributed by atoms with Crippen molar-refractivity contribution in [2.24, 2.45) is 11.8 Å². The van der Waals surface area contributed by atoms with Gasteiger partial charge in [0.2, 0.25) is 6.79 Å². The lowest BCUT2D eigenvalue weighted by molar-refractivity contribution is -0.138. The summed E-state index contributed by atoms with van der Waals surface area (Å²) in [5, 5.41) is 8.78. The topological polar surface area (TPSA) is 72.8 Å². The summed E-state index contributed by atoms with van der Waals surface area (Å²) in [6.07, 6.45) is 0.433. The Kier molecular flexibility index (Phi) is 2.07. The van der Waals surface area contributed by atoms with Crippen LogP contribution < -0.4 is 9.47 Å². The quantitative estimate of drug-likeness (QED) is 0.798. The zero-order chi connectivity index (χ0) is 12.0. The summed E-state index contributed by atoms with van der Waals surface area (Å²) in [5.41, 5.74) is 0.489. The van der Waals surface area contributed by atoms with E-state index in [4.69, 9.17) is 14.6 Å². The molecule has 3 rings (SSSR count). The number of ketones is 1. The minimum absolute atomic E-state index is 0.129. The Hall–Kier alpha value is -2.04. The summed E-state index contributed by atoms with van der Waals surface area (Å²) >= 11 is 0. The molecule has 1 aliphatic heterocycles. The highest BCUT2D eigenvalue weighted by molar-refractivity contribution is 6.03. The van der Waals surface area contributed by atoms with E-state index in [-0.39, 0.29) is 18.5 Å². The molecular formula is C12H10O5. The lowest BCUT2D eigenvalue weighted by Gasteiger charge is -2.01. The van der Waals surface area contributed by atoms with Crippen molar-refractivity contribution >= 4 is 11.8 Å². The third-order valence-electron chi connectivity index (χ3n) is 3.10. The number of carbonyl (C=O) groups excluding carboxylic acids is 1. The molecule has 2 atom stereocenters. The van der Waals surface area contributed by atoms with E-state index >= 15 is 0 Å². The summed E-state index contributed by atoms with van der Waals surface area (Å²) in [4.78, 5) is 22.7. The lowest BCUT2D eigenvalue weighted by atomic mass is 10.1. The SMILES string of the molecule is O=C(O)C1CC1C(=O)c1ccc2c(c1)OCO2. The molecule has 0 radical (unpaired) electrons. The summed E-state index contributed by atoms with van der Waals surface area (Å²) in [5.74, 6) is -0.768. The third kappa shape index (κ3) is 1.63. The molecule has 1 fully saturated rings. The van der Waals surface area contributed by atoms with Gasteiger partial charge in [-0.2, -0.15) is 0 Å². The van der Waals surface area contributed by atoms with E-state index in [1.165, 1.54) is 0 Å². The second-order valence-corrected chi connectivity index (χ2v) is 4.22. The first-order valence-electron chi connectivity index (χ1n) is 5.33. The first-order valence-corrected chi connectivity index (χ1v) is 5.33. The van der Waals surface area contributed by atoms with Gasteiger partial charge in [-0.25, -0.2) is 0 Å². The number of carbonyl (C=O) groups is 2. The van der Waals surface area contributed by atoms with Crippen LogP contribution in [-0.2, 0) is 4.79 Å². The van der Waals surface area contributed by atoms with Crippen LogP contribution in [0.1, 0.15) is 16.8 Å². The molecule has 0 aromatic heterocycles. The molecule has 1 aromatic carbocycles. The molecule has 1 saturated carbocycles. The number of ether oxygens (including phenoxy) is 2. The van der Waals surface area contributed by atoms with Crippen LogP contribution in [0.2, 0.25) is 0 Å². The number of aliphatic carboxylic acids is 1. The first-order chi connectivity index (χ1) is 8.16. The van der Waals surface area contributed by atoms with Gasteiger partial charge in [-0.1, -0.05) is 0 Å². The van der Waals surface area contributed by atoms with Crippen LogP contribution in [0.4, 0.5) is 0 Å². The monoisotopic (exact) mass is 234 g/mol. The number of hydrogen-bond acceptors (Lipinski definition) is 4. The summed E-state index contributed by atoms with van der Waals surface area (Å²) in [6.45, 7) is 0.161. The molecule has 2 unspecified atom stereocenters. The number of rotatable bonds is 3. The van der Waals surface area contributed by atoms with E-state index < -0.39 is 11.9 Å². The molecular weight excluding hydrogens is 224 g/mol. The maximum atomic E-state index is 12.0. The summed E-state index contributed by atoms with van der Waals surface area (Å²) in [6, 6.07) is 4.93. The standard InChI is InChI=1S/C12H10O5/c13-11(7-4-8(7)12(14)15)6-1-2-9-10(3-6)17-5-16-9/h1-3,7-8H,4-5H2,(H,14,15). The van der Waals surface area contributed by atoms with Crippen LogP contribution in [0.25, 0.3) is 0 Å². The van der Waals surface area contributed by atoms with Gasteiger partial charge in [-0.15, -0.1) is 0 Å². The van der Waals surface area contributed by atoms with Gasteiger partial charge in [-0.05, 0) is 24.6 Å². The highest BCUT2D eigenvalue weighted by Crippen LogP contribution is 2.42. The van der Waals surface area contributed by atoms with Crippen molar-refractivity contribution in [1.82, 2.24) is 0 Å². The van der Waals surface area contributed by atoms with E-state index in [2.05, 4.69) is 0 Å². The smallest absolute Gasteiger partial charge is 0.307 e. The normalized spacial score (nSPS) is 24.5. The first kappa shape index (κ1) is 10.1. The molecule has 88 valence electrons. The average Bonchev–Trinajstić information content (AvgIpc) is 2.99. The second-order valence-electron chi connectivity index (χ2n) is 4.22. The van der Waals surface area contributed by atoms with Crippen molar-refractivity contribution in [3.63, 3.8) is 0 Å². The maximum absolute atomic E-state index is 12.0. The van der Waals surface area contributed by atoms with Crippen LogP contribution in [0.3, 0.4) is 0 Å². The Labute approximate surface area is 97.0 Å². The molecule has 1 aromatic rings. The van der Waals surface area contributed by atoms with Crippen LogP contribution in [0.5, 0.6) is 11.5 Å². The molecule has 17 heavy (non-hydrogen) atoms. The number of carboxylic acid groups (broad SMARTS) is 1. The number of hydrogen-bond donors (Lipinski definition) is 1. The van der Waals surface area contributed by atoms with Crippen LogP contribution in [-0.4, -0.2) is 23.7 Å². The van der Waals surface area contributed by atoms with Crippen molar-refractivity contribution < 1.29 is 24.2 Å². The number of carboxylic acids is 1. The van der Waals surface area contributed by atoms with Crippen LogP contribution in [0.15, 0.2) is 18.2 Å². The molecule has 0 saturated heterocycles. The Morgan fingerprint density at radius 3 is 2.65 bits per heavy atom. The Morgan fingerprint density at radius 1 is 1.18 bits per heavy atom. The zero-order valence-corrected chi connectivity index (χ0v) is 8.88. The Bertz CT molecular complexity index is 508. The summed E-state index contributed by atoms with van der Waals surface area (Å²) in [7, 11) is 0. The van der Waals surface area contributed by atoms with Crippen molar-refractivity contribution in [3.8, 4) is 11.5 Å². The Morgan fingerprint density at radius 2 is 1.94 bits per heavy atom. The molecule has 0 bridgehead atoms. The van der Waals surface area contributed by atoms with Crippen LogP contribution >= 0.6 is 0 Å². The molecule has 0 amide bonds. The lowest BCUT2D eigenvalue weighted by Crippen LogP contribution is -2.08. The largest absolute Gasteiger partial charge is 0.481 e. The van der Waals surface area contributed by atoms with Gasteiger partial charge in [-0.3, -0.25) is 9.59 Å². The van der Waals surface area contributed by atoms with Crippen molar-refractivity contribution in [1.29, 1.82) is 0 Å². The molecule has 0 spiro atoms. The van der Waals surface area contributed by atoms with Crippen LogP contribution in [0, 0.1) is 11.8 Å². The van der Waals surface area contributed by atoms with E-state index in [1.54, 1.807) is 18.2 Å². The zero-order valence-electron chi connectivity index (χ0n) is 8.88. The number of benzene rings is 1. The molecule has 1 N–H and O–H groups in total. The summed E-state index contributed by atoms with van der Waals surface area (Å²) < 4.78 is 10.3. The fourth-order valence-corrected chi connectivity index (χ4v) is 2.02. The average molecular weight is 234 g/mol. The van der Waals surface area contributed by atoms with Gasteiger partial charge in [0.05, 0.1) is 5.92 Å². The van der Waals surface area contributed by atoms with Gasteiger partial charge >= 0.3 is 5.97 Å².